The number of rotatable bonds is 7. The lowest BCUT2D eigenvalue weighted by atomic mass is 10.1. The van der Waals surface area contributed by atoms with Crippen molar-refractivity contribution in [1.82, 2.24) is 14.8 Å². The van der Waals surface area contributed by atoms with Crippen LogP contribution in [0.15, 0.2) is 34.8 Å². The third-order valence-electron chi connectivity index (χ3n) is 4.42. The van der Waals surface area contributed by atoms with Gasteiger partial charge >= 0.3 is 0 Å². The van der Waals surface area contributed by atoms with E-state index in [-0.39, 0.29) is 17.4 Å². The molecule has 6 nitrogen and oxygen atoms in total. The van der Waals surface area contributed by atoms with Gasteiger partial charge in [0.2, 0.25) is 5.91 Å². The number of carbonyl (C=O) groups excluding carboxylic acids is 2. The van der Waals surface area contributed by atoms with Crippen molar-refractivity contribution in [3.05, 3.63) is 45.6 Å². The number of thioether (sulfide) groups is 1. The van der Waals surface area contributed by atoms with E-state index in [4.69, 9.17) is 0 Å². The first-order valence-electron chi connectivity index (χ1n) is 8.91. The highest BCUT2D eigenvalue weighted by Gasteiger charge is 2.17. The number of Topliss-reactive ketones (excluding diaryl/α,β-unsaturated/α-hetero) is 1. The van der Waals surface area contributed by atoms with E-state index in [0.29, 0.717) is 16.4 Å². The molecule has 1 N–H and O–H groups in total. The molecule has 8 heteroatoms. The normalized spacial score (nSPS) is 10.9. The van der Waals surface area contributed by atoms with Gasteiger partial charge < -0.3 is 9.88 Å². The van der Waals surface area contributed by atoms with Gasteiger partial charge in [0.05, 0.1) is 5.75 Å². The Morgan fingerprint density at radius 2 is 2.07 bits per heavy atom. The van der Waals surface area contributed by atoms with Crippen LogP contribution < -0.4 is 5.32 Å². The second-order valence-electron chi connectivity index (χ2n) is 6.38. The number of hydrogen-bond acceptors (Lipinski definition) is 6. The molecule has 0 atom stereocenters. The SMILES string of the molecule is CCc1c(-c2nnc(SCC(=O)Nc3cccc(C(C)=O)c3)n2C)csc1C. The van der Waals surface area contributed by atoms with Gasteiger partial charge in [0, 0.05) is 34.1 Å². The van der Waals surface area contributed by atoms with Crippen molar-refractivity contribution < 1.29 is 9.59 Å². The molecule has 0 aliphatic rings. The number of thiophene rings is 1. The van der Waals surface area contributed by atoms with Gasteiger partial charge in [-0.05, 0) is 38.0 Å². The number of ketones is 1. The Labute approximate surface area is 172 Å². The molecule has 0 radical (unpaired) electrons. The smallest absolute Gasteiger partial charge is 0.234 e. The molecule has 146 valence electrons. The number of hydrogen-bond donors (Lipinski definition) is 1. The van der Waals surface area contributed by atoms with Crippen LogP contribution in [0.4, 0.5) is 5.69 Å². The lowest BCUT2D eigenvalue weighted by Gasteiger charge is -2.07. The summed E-state index contributed by atoms with van der Waals surface area (Å²) in [6.07, 6.45) is 0.946. The molecule has 0 saturated carbocycles. The van der Waals surface area contributed by atoms with E-state index in [2.05, 4.69) is 34.7 Å². The molecule has 1 amide bonds. The monoisotopic (exact) mass is 414 g/mol. The number of anilines is 1. The third kappa shape index (κ3) is 4.34. The molecule has 0 spiro atoms. The molecular weight excluding hydrogens is 392 g/mol. The van der Waals surface area contributed by atoms with Crippen molar-refractivity contribution in [1.29, 1.82) is 0 Å². The summed E-state index contributed by atoms with van der Waals surface area (Å²) in [5, 5.41) is 14.2. The van der Waals surface area contributed by atoms with Crippen LogP contribution in [0.3, 0.4) is 0 Å². The number of aromatic nitrogens is 3. The Balaban J connectivity index is 1.67. The lowest BCUT2D eigenvalue weighted by molar-refractivity contribution is -0.113. The average molecular weight is 415 g/mol. The number of nitrogens with zero attached hydrogens (tertiary/aromatic N) is 3. The summed E-state index contributed by atoms with van der Waals surface area (Å²) < 4.78 is 1.93. The summed E-state index contributed by atoms with van der Waals surface area (Å²) in [6, 6.07) is 6.92. The first-order chi connectivity index (χ1) is 13.4. The molecule has 0 aliphatic heterocycles. The summed E-state index contributed by atoms with van der Waals surface area (Å²) in [6.45, 7) is 5.75. The summed E-state index contributed by atoms with van der Waals surface area (Å²) in [5.74, 6) is 0.834. The van der Waals surface area contributed by atoms with Gasteiger partial charge in [0.25, 0.3) is 0 Å². The van der Waals surface area contributed by atoms with Crippen molar-refractivity contribution in [2.75, 3.05) is 11.1 Å². The fourth-order valence-corrected chi connectivity index (χ4v) is 4.57. The molecule has 3 rings (SSSR count). The third-order valence-corrected chi connectivity index (χ3v) is 6.39. The summed E-state index contributed by atoms with van der Waals surface area (Å²) >= 11 is 3.05. The fraction of sp³-hybridized carbons (Fsp3) is 0.300. The van der Waals surface area contributed by atoms with Gasteiger partial charge in [0.1, 0.15) is 0 Å². The fourth-order valence-electron chi connectivity index (χ4n) is 2.92. The summed E-state index contributed by atoms with van der Waals surface area (Å²) in [7, 11) is 1.92. The molecule has 2 heterocycles. The van der Waals surface area contributed by atoms with Crippen LogP contribution in [0.5, 0.6) is 0 Å². The van der Waals surface area contributed by atoms with Gasteiger partial charge in [-0.3, -0.25) is 9.59 Å². The van der Waals surface area contributed by atoms with Crippen LogP contribution in [0.2, 0.25) is 0 Å². The molecule has 0 fully saturated rings. The zero-order valence-corrected chi connectivity index (χ0v) is 17.9. The molecule has 0 bridgehead atoms. The van der Waals surface area contributed by atoms with Crippen molar-refractivity contribution in [3.8, 4) is 11.4 Å². The molecular formula is C20H22N4O2S2. The average Bonchev–Trinajstić information content (AvgIpc) is 3.22. The Bertz CT molecular complexity index is 1020. The highest BCUT2D eigenvalue weighted by molar-refractivity contribution is 7.99. The predicted molar refractivity (Wildman–Crippen MR) is 114 cm³/mol. The van der Waals surface area contributed by atoms with Gasteiger partial charge in [-0.1, -0.05) is 30.8 Å². The highest BCUT2D eigenvalue weighted by Crippen LogP contribution is 2.31. The quantitative estimate of drug-likeness (QED) is 0.459. The Morgan fingerprint density at radius 1 is 1.29 bits per heavy atom. The second-order valence-corrected chi connectivity index (χ2v) is 8.40. The minimum Gasteiger partial charge on any atom is -0.325 e. The molecule has 1 aromatic carbocycles. The van der Waals surface area contributed by atoms with Crippen LogP contribution >= 0.6 is 23.1 Å². The van der Waals surface area contributed by atoms with E-state index < -0.39 is 0 Å². The maximum absolute atomic E-state index is 12.3. The summed E-state index contributed by atoms with van der Waals surface area (Å²) in [5.41, 5.74) is 3.58. The molecule has 28 heavy (non-hydrogen) atoms. The van der Waals surface area contributed by atoms with E-state index >= 15 is 0 Å². The molecule has 0 saturated heterocycles. The number of aryl methyl sites for hydroxylation is 1. The lowest BCUT2D eigenvalue weighted by Crippen LogP contribution is -2.14. The topological polar surface area (TPSA) is 76.9 Å². The largest absolute Gasteiger partial charge is 0.325 e. The van der Waals surface area contributed by atoms with Gasteiger partial charge in [0.15, 0.2) is 16.8 Å². The van der Waals surface area contributed by atoms with Crippen LogP contribution in [0, 0.1) is 6.92 Å². The Kier molecular flexibility index (Phi) is 6.31. The molecule has 0 unspecified atom stereocenters. The minimum atomic E-state index is -0.157. The van der Waals surface area contributed by atoms with E-state index in [1.165, 1.54) is 29.1 Å². The van der Waals surface area contributed by atoms with Gasteiger partial charge in [-0.25, -0.2) is 0 Å². The number of carbonyl (C=O) groups is 2. The van der Waals surface area contributed by atoms with Crippen molar-refractivity contribution in [2.24, 2.45) is 7.05 Å². The second kappa shape index (κ2) is 8.70. The van der Waals surface area contributed by atoms with Crippen molar-refractivity contribution >= 4 is 40.5 Å². The molecule has 2 aromatic heterocycles. The minimum absolute atomic E-state index is 0.0350. The van der Waals surface area contributed by atoms with Crippen molar-refractivity contribution in [2.45, 2.75) is 32.3 Å². The zero-order chi connectivity index (χ0) is 20.3. The van der Waals surface area contributed by atoms with Crippen LogP contribution in [0.25, 0.3) is 11.4 Å². The predicted octanol–water partition coefficient (Wildman–Crippen LogP) is 4.35. The zero-order valence-electron chi connectivity index (χ0n) is 16.3. The van der Waals surface area contributed by atoms with Crippen molar-refractivity contribution in [3.63, 3.8) is 0 Å². The van der Waals surface area contributed by atoms with E-state index in [1.807, 2.05) is 11.6 Å². The number of benzene rings is 1. The maximum Gasteiger partial charge on any atom is 0.234 e. The Morgan fingerprint density at radius 3 is 2.79 bits per heavy atom. The Hall–Kier alpha value is -2.45. The maximum atomic E-state index is 12.3. The molecule has 3 aromatic rings. The van der Waals surface area contributed by atoms with Crippen LogP contribution in [-0.4, -0.2) is 32.2 Å². The van der Waals surface area contributed by atoms with E-state index in [0.717, 1.165) is 17.8 Å². The van der Waals surface area contributed by atoms with Gasteiger partial charge in [-0.2, -0.15) is 0 Å². The van der Waals surface area contributed by atoms with Crippen LogP contribution in [0.1, 0.15) is 34.6 Å². The van der Waals surface area contributed by atoms with Gasteiger partial charge in [-0.15, -0.1) is 21.5 Å². The standard InChI is InChI=1S/C20H22N4O2S2/c1-5-16-13(3)27-10-17(16)19-22-23-20(24(19)4)28-11-18(26)21-15-8-6-7-14(9-15)12(2)25/h6-10H,5,11H2,1-4H3,(H,21,26). The van der Waals surface area contributed by atoms with Crippen LogP contribution in [-0.2, 0) is 18.3 Å². The number of nitrogens with one attached hydrogen (secondary N) is 1. The van der Waals surface area contributed by atoms with E-state index in [9.17, 15) is 9.59 Å². The van der Waals surface area contributed by atoms with E-state index in [1.54, 1.807) is 35.6 Å². The highest BCUT2D eigenvalue weighted by atomic mass is 32.2. The number of amides is 1. The first-order valence-corrected chi connectivity index (χ1v) is 10.8. The molecule has 0 aliphatic carbocycles. The first kappa shape index (κ1) is 20.3. The summed E-state index contributed by atoms with van der Waals surface area (Å²) in [4.78, 5) is 25.0.